The lowest BCUT2D eigenvalue weighted by Gasteiger charge is -2.54. The maximum Gasteiger partial charge on any atom is 0.306 e. The number of carbonyl (C=O) groups is 2. The van der Waals surface area contributed by atoms with Gasteiger partial charge in [0.1, 0.15) is 6.10 Å². The Balaban J connectivity index is 1.36. The first-order valence-electron chi connectivity index (χ1n) is 13.5. The van der Waals surface area contributed by atoms with Crippen LogP contribution in [0.3, 0.4) is 0 Å². The number of aliphatic hydroxyl groups is 1. The van der Waals surface area contributed by atoms with Crippen LogP contribution in [0.25, 0.3) is 0 Å². The lowest BCUT2D eigenvalue weighted by molar-refractivity contribution is -0.157. The molecule has 0 heterocycles. The van der Waals surface area contributed by atoms with Crippen molar-refractivity contribution in [2.75, 3.05) is 0 Å². The van der Waals surface area contributed by atoms with Gasteiger partial charge in [0.2, 0.25) is 0 Å². The summed E-state index contributed by atoms with van der Waals surface area (Å²) in [6, 6.07) is 0. The first-order valence-corrected chi connectivity index (χ1v) is 13.5. The van der Waals surface area contributed by atoms with E-state index in [-0.39, 0.29) is 35.3 Å². The minimum absolute atomic E-state index is 0.0518. The fourth-order valence-electron chi connectivity index (χ4n) is 7.77. The first kappa shape index (κ1) is 24.0. The Hall–Kier alpha value is -1.16. The molecule has 0 bridgehead atoms. The van der Waals surface area contributed by atoms with Crippen LogP contribution in [0.2, 0.25) is 0 Å². The minimum atomic E-state index is -0.275. The van der Waals surface area contributed by atoms with Gasteiger partial charge in [0.05, 0.1) is 6.10 Å². The van der Waals surface area contributed by atoms with Gasteiger partial charge in [0.15, 0.2) is 5.78 Å². The van der Waals surface area contributed by atoms with Crippen molar-refractivity contribution in [2.24, 2.45) is 29.1 Å². The zero-order valence-electron chi connectivity index (χ0n) is 20.3. The minimum Gasteiger partial charge on any atom is -0.461 e. The third-order valence-corrected chi connectivity index (χ3v) is 9.51. The molecule has 0 saturated heterocycles. The smallest absolute Gasteiger partial charge is 0.306 e. The van der Waals surface area contributed by atoms with Crippen molar-refractivity contribution in [3.63, 3.8) is 0 Å². The second-order valence-corrected chi connectivity index (χ2v) is 11.4. The maximum atomic E-state index is 12.7. The van der Waals surface area contributed by atoms with E-state index in [1.807, 2.05) is 6.08 Å². The van der Waals surface area contributed by atoms with Crippen LogP contribution >= 0.6 is 0 Å². The van der Waals surface area contributed by atoms with E-state index in [4.69, 9.17) is 4.74 Å². The Morgan fingerprint density at radius 3 is 2.59 bits per heavy atom. The third-order valence-electron chi connectivity index (χ3n) is 9.51. The Kier molecular flexibility index (Phi) is 7.80. The average molecular weight is 445 g/mol. The zero-order chi connectivity index (χ0) is 22.7. The summed E-state index contributed by atoms with van der Waals surface area (Å²) >= 11 is 0. The van der Waals surface area contributed by atoms with Gasteiger partial charge in [-0.25, -0.2) is 0 Å². The van der Waals surface area contributed by atoms with Gasteiger partial charge in [-0.3, -0.25) is 9.59 Å². The quantitative estimate of drug-likeness (QED) is 0.342. The SMILES string of the molecule is CCCCCCCCCC(=O)OC1CC(=O)C=C2CC[C@@H]3[C@H](CC[C@]4(C)[C@@H](O)CC[C@@H]34)C21. The monoisotopic (exact) mass is 444 g/mol. The van der Waals surface area contributed by atoms with Crippen LogP contribution < -0.4 is 0 Å². The van der Waals surface area contributed by atoms with Crippen molar-refractivity contribution < 1.29 is 19.4 Å². The van der Waals surface area contributed by atoms with Crippen molar-refractivity contribution >= 4 is 11.8 Å². The zero-order valence-corrected chi connectivity index (χ0v) is 20.3. The van der Waals surface area contributed by atoms with Gasteiger partial charge in [-0.15, -0.1) is 0 Å². The number of carbonyl (C=O) groups excluding carboxylic acids is 2. The van der Waals surface area contributed by atoms with Gasteiger partial charge in [-0.1, -0.05) is 57.9 Å². The molecule has 4 aliphatic rings. The summed E-state index contributed by atoms with van der Waals surface area (Å²) in [5.41, 5.74) is 1.29. The molecule has 4 rings (SSSR count). The summed E-state index contributed by atoms with van der Waals surface area (Å²) in [4.78, 5) is 25.1. The molecule has 4 heteroatoms. The van der Waals surface area contributed by atoms with E-state index in [9.17, 15) is 14.7 Å². The highest BCUT2D eigenvalue weighted by Crippen LogP contribution is 2.61. The Morgan fingerprint density at radius 2 is 1.81 bits per heavy atom. The molecule has 0 spiro atoms. The Labute approximate surface area is 194 Å². The molecule has 3 saturated carbocycles. The highest BCUT2D eigenvalue weighted by molar-refractivity contribution is 5.92. The van der Waals surface area contributed by atoms with E-state index < -0.39 is 0 Å². The van der Waals surface area contributed by atoms with Gasteiger partial charge in [-0.2, -0.15) is 0 Å². The predicted octanol–water partition coefficient (Wildman–Crippen LogP) is 6.15. The molecule has 0 aromatic carbocycles. The standard InChI is InChI=1S/C28H44O4/c1-3-4-5-6-7-8-9-10-26(31)32-24-18-20(29)17-19-11-12-21-22(27(19)24)15-16-28(2)23(21)13-14-25(28)30/h17,21-25,27,30H,3-16,18H2,1-2H3/t21-,22+,23+,24?,25+,27?,28+/m1/s1. The molecule has 0 aromatic rings. The number of rotatable bonds is 9. The molecule has 32 heavy (non-hydrogen) atoms. The number of hydrogen-bond acceptors (Lipinski definition) is 4. The van der Waals surface area contributed by atoms with Crippen molar-refractivity contribution in [3.05, 3.63) is 11.6 Å². The van der Waals surface area contributed by atoms with Gasteiger partial charge in [-0.05, 0) is 74.2 Å². The highest BCUT2D eigenvalue weighted by Gasteiger charge is 2.57. The fraction of sp³-hybridized carbons (Fsp3) is 0.857. The van der Waals surface area contributed by atoms with Crippen molar-refractivity contribution in [3.8, 4) is 0 Å². The van der Waals surface area contributed by atoms with Crippen LogP contribution in [0.5, 0.6) is 0 Å². The number of ketones is 1. The van der Waals surface area contributed by atoms with Crippen molar-refractivity contribution in [1.29, 1.82) is 0 Å². The second kappa shape index (κ2) is 10.4. The van der Waals surface area contributed by atoms with E-state index in [2.05, 4.69) is 13.8 Å². The number of ether oxygens (including phenoxy) is 1. The lowest BCUT2D eigenvalue weighted by atomic mass is 9.51. The molecule has 4 nitrogen and oxygen atoms in total. The van der Waals surface area contributed by atoms with E-state index >= 15 is 0 Å². The maximum absolute atomic E-state index is 12.7. The van der Waals surface area contributed by atoms with Gasteiger partial charge < -0.3 is 9.84 Å². The van der Waals surface area contributed by atoms with Gasteiger partial charge in [0.25, 0.3) is 0 Å². The lowest BCUT2D eigenvalue weighted by Crippen LogP contribution is -2.51. The van der Waals surface area contributed by atoms with Crippen LogP contribution in [0.15, 0.2) is 11.6 Å². The van der Waals surface area contributed by atoms with Crippen LogP contribution in [-0.2, 0) is 14.3 Å². The van der Waals surface area contributed by atoms with Crippen molar-refractivity contribution in [2.45, 2.75) is 122 Å². The summed E-state index contributed by atoms with van der Waals surface area (Å²) < 4.78 is 6.03. The number of hydrogen-bond donors (Lipinski definition) is 1. The molecule has 180 valence electrons. The second-order valence-electron chi connectivity index (χ2n) is 11.4. The highest BCUT2D eigenvalue weighted by atomic mass is 16.5. The average Bonchev–Trinajstić information content (AvgIpc) is 3.07. The predicted molar refractivity (Wildman–Crippen MR) is 126 cm³/mol. The molecule has 0 aliphatic heterocycles. The molecule has 3 fully saturated rings. The van der Waals surface area contributed by atoms with E-state index in [0.29, 0.717) is 30.6 Å². The van der Waals surface area contributed by atoms with E-state index in [1.54, 1.807) is 0 Å². The topological polar surface area (TPSA) is 63.6 Å². The number of unbranched alkanes of at least 4 members (excludes halogenated alkanes) is 6. The van der Waals surface area contributed by atoms with Crippen LogP contribution in [0.1, 0.15) is 110 Å². The first-order chi connectivity index (χ1) is 15.4. The molecule has 4 aliphatic carbocycles. The van der Waals surface area contributed by atoms with Crippen LogP contribution in [0, 0.1) is 29.1 Å². The molecular weight excluding hydrogens is 400 g/mol. The summed E-state index contributed by atoms with van der Waals surface area (Å²) in [5.74, 6) is 1.87. The Bertz CT molecular complexity index is 712. The summed E-state index contributed by atoms with van der Waals surface area (Å²) in [6.45, 7) is 4.52. The molecular formula is C28H44O4. The van der Waals surface area contributed by atoms with E-state index in [0.717, 1.165) is 51.4 Å². The molecule has 0 radical (unpaired) electrons. The largest absolute Gasteiger partial charge is 0.461 e. The molecule has 1 N–H and O–H groups in total. The molecule has 0 amide bonds. The number of esters is 1. The van der Waals surface area contributed by atoms with Crippen LogP contribution in [0.4, 0.5) is 0 Å². The summed E-state index contributed by atoms with van der Waals surface area (Å²) in [5, 5.41) is 10.6. The summed E-state index contributed by atoms with van der Waals surface area (Å²) in [7, 11) is 0. The Morgan fingerprint density at radius 1 is 1.06 bits per heavy atom. The molecule has 0 aromatic heterocycles. The van der Waals surface area contributed by atoms with Gasteiger partial charge in [0, 0.05) is 18.8 Å². The van der Waals surface area contributed by atoms with Crippen LogP contribution in [-0.4, -0.2) is 29.1 Å². The fourth-order valence-corrected chi connectivity index (χ4v) is 7.77. The van der Waals surface area contributed by atoms with Gasteiger partial charge >= 0.3 is 5.97 Å². The van der Waals surface area contributed by atoms with Crippen molar-refractivity contribution in [1.82, 2.24) is 0 Å². The number of fused-ring (bicyclic) bond motifs is 5. The molecule has 2 unspecified atom stereocenters. The normalized spacial score (nSPS) is 38.5. The third kappa shape index (κ3) is 4.86. The molecule has 7 atom stereocenters. The summed E-state index contributed by atoms with van der Waals surface area (Å²) in [6.07, 6.45) is 16.8. The van der Waals surface area contributed by atoms with E-state index in [1.165, 1.54) is 37.7 Å². The number of aliphatic hydroxyl groups excluding tert-OH is 1.